The Morgan fingerprint density at radius 1 is 1.06 bits per heavy atom. The number of carbonyl (C=O) groups excluding carboxylic acids is 2. The van der Waals surface area contributed by atoms with Gasteiger partial charge in [-0.2, -0.15) is 0 Å². The topological polar surface area (TPSA) is 98.8 Å². The van der Waals surface area contributed by atoms with Crippen LogP contribution in [0.5, 0.6) is 0 Å². The van der Waals surface area contributed by atoms with Gasteiger partial charge in [-0.05, 0) is 32.0 Å². The van der Waals surface area contributed by atoms with Crippen molar-refractivity contribution >= 4 is 20.3 Å². The first-order chi connectivity index (χ1) is 14.1. The molecule has 5 atom stereocenters. The van der Waals surface area contributed by atoms with Crippen LogP contribution in [0.1, 0.15) is 41.0 Å². The monoisotopic (exact) mass is 462 g/mol. The number of carbonyl (C=O) groups is 2. The fourth-order valence-corrected chi connectivity index (χ4v) is 4.84. The van der Waals surface area contributed by atoms with Crippen molar-refractivity contribution < 1.29 is 42.4 Å². The molecule has 31 heavy (non-hydrogen) atoms. The molecule has 2 rings (SSSR count). The highest BCUT2D eigenvalue weighted by Crippen LogP contribution is 2.53. The van der Waals surface area contributed by atoms with Gasteiger partial charge in [-0.1, -0.05) is 20.8 Å². The van der Waals surface area contributed by atoms with Gasteiger partial charge < -0.3 is 32.8 Å². The van der Waals surface area contributed by atoms with E-state index in [2.05, 4.69) is 33.9 Å². The number of rotatable bonds is 8. The van der Waals surface area contributed by atoms with Crippen LogP contribution in [-0.4, -0.2) is 78.6 Å². The van der Waals surface area contributed by atoms with Gasteiger partial charge >= 0.3 is 11.9 Å². The molecule has 2 heterocycles. The molecule has 0 unspecified atom stereocenters. The van der Waals surface area contributed by atoms with Crippen molar-refractivity contribution in [3.8, 4) is 0 Å². The van der Waals surface area contributed by atoms with Gasteiger partial charge in [0.2, 0.25) is 0 Å². The van der Waals surface area contributed by atoms with E-state index in [-0.39, 0.29) is 18.1 Å². The minimum absolute atomic E-state index is 0.0663. The lowest BCUT2D eigenvalue weighted by molar-refractivity contribution is -0.238. The van der Waals surface area contributed by atoms with Crippen LogP contribution >= 0.6 is 0 Å². The third-order valence-corrected chi connectivity index (χ3v) is 11.1. The second kappa shape index (κ2) is 9.07. The first kappa shape index (κ1) is 26.2. The molecule has 0 saturated carbocycles. The molecule has 0 aromatic heterocycles. The summed E-state index contributed by atoms with van der Waals surface area (Å²) in [5.41, 5.74) is -1.09. The van der Waals surface area contributed by atoms with Crippen LogP contribution in [0.4, 0.5) is 0 Å². The number of esters is 2. The number of fused-ring (bicyclic) bond motifs is 1. The predicted octanol–water partition coefficient (Wildman–Crippen LogP) is 2.62. The molecule has 0 aromatic rings. The normalized spacial score (nSPS) is 31.2. The molecule has 0 spiro atoms. The van der Waals surface area contributed by atoms with E-state index in [1.807, 2.05) is 0 Å². The van der Waals surface area contributed by atoms with E-state index in [1.54, 1.807) is 13.8 Å². The van der Waals surface area contributed by atoms with Gasteiger partial charge in [0, 0.05) is 13.7 Å². The standard InChI is InChI=1S/C21H38O9Si/c1-19(2,3)31(9,10)27-12-21(11-13(22)24-6)15(14(25-7)17(23)26-8)28-18-16(21)29-20(4,5)30-18/h14-16,18H,11-12H2,1-10H3/t14-,15+,16-,18+,21+/m0/s1. The Hall–Kier alpha value is -1.04. The van der Waals surface area contributed by atoms with Crippen LogP contribution < -0.4 is 0 Å². The summed E-state index contributed by atoms with van der Waals surface area (Å²) >= 11 is 0. The highest BCUT2D eigenvalue weighted by atomic mass is 28.4. The molecule has 0 N–H and O–H groups in total. The van der Waals surface area contributed by atoms with Crippen LogP contribution in [0.15, 0.2) is 0 Å². The van der Waals surface area contributed by atoms with E-state index in [1.165, 1.54) is 21.3 Å². The van der Waals surface area contributed by atoms with E-state index in [0.717, 1.165) is 0 Å². The smallest absolute Gasteiger partial charge is 0.337 e. The van der Waals surface area contributed by atoms with Crippen molar-refractivity contribution in [3.05, 3.63) is 0 Å². The van der Waals surface area contributed by atoms with E-state index >= 15 is 0 Å². The Bertz CT molecular complexity index is 672. The maximum absolute atomic E-state index is 12.6. The molecule has 0 radical (unpaired) electrons. The van der Waals surface area contributed by atoms with E-state index < -0.39 is 56.1 Å². The lowest BCUT2D eigenvalue weighted by atomic mass is 9.74. The summed E-state index contributed by atoms with van der Waals surface area (Å²) in [4.78, 5) is 25.1. The fourth-order valence-electron chi connectivity index (χ4n) is 3.78. The first-order valence-corrected chi connectivity index (χ1v) is 13.4. The van der Waals surface area contributed by atoms with E-state index in [4.69, 9.17) is 32.8 Å². The van der Waals surface area contributed by atoms with Gasteiger partial charge in [0.15, 0.2) is 26.5 Å². The molecule has 0 aliphatic carbocycles. The third kappa shape index (κ3) is 5.14. The van der Waals surface area contributed by atoms with Gasteiger partial charge in [0.05, 0.1) is 26.1 Å². The minimum atomic E-state index is -2.23. The van der Waals surface area contributed by atoms with Gasteiger partial charge in [-0.3, -0.25) is 4.79 Å². The highest BCUT2D eigenvalue weighted by molar-refractivity contribution is 6.74. The summed E-state index contributed by atoms with van der Waals surface area (Å²) < 4.78 is 40.2. The summed E-state index contributed by atoms with van der Waals surface area (Å²) in [6.07, 6.45) is -3.56. The van der Waals surface area contributed by atoms with Gasteiger partial charge in [0.1, 0.15) is 12.2 Å². The number of methoxy groups -OCH3 is 3. The molecule has 2 saturated heterocycles. The molecule has 2 aliphatic rings. The van der Waals surface area contributed by atoms with Crippen LogP contribution in [0, 0.1) is 5.41 Å². The molecule has 2 fully saturated rings. The number of hydrogen-bond acceptors (Lipinski definition) is 9. The van der Waals surface area contributed by atoms with Crippen LogP contribution in [0.3, 0.4) is 0 Å². The Morgan fingerprint density at radius 3 is 2.16 bits per heavy atom. The Balaban J connectivity index is 2.54. The molecule has 0 amide bonds. The molecule has 9 nitrogen and oxygen atoms in total. The Kier molecular flexibility index (Phi) is 7.67. The molecule has 0 bridgehead atoms. The summed E-state index contributed by atoms with van der Waals surface area (Å²) in [6, 6.07) is 0. The van der Waals surface area contributed by atoms with Crippen molar-refractivity contribution in [2.45, 2.75) is 89.6 Å². The second-order valence-electron chi connectivity index (χ2n) is 10.2. The van der Waals surface area contributed by atoms with Crippen LogP contribution in [-0.2, 0) is 42.4 Å². The summed E-state index contributed by atoms with van der Waals surface area (Å²) in [6.45, 7) is 14.3. The van der Waals surface area contributed by atoms with E-state index in [0.29, 0.717) is 0 Å². The Morgan fingerprint density at radius 2 is 1.68 bits per heavy atom. The lowest BCUT2D eigenvalue weighted by Crippen LogP contribution is -2.56. The summed E-state index contributed by atoms with van der Waals surface area (Å²) in [5.74, 6) is -2.01. The fraction of sp³-hybridized carbons (Fsp3) is 0.905. The van der Waals surface area contributed by atoms with E-state index in [9.17, 15) is 9.59 Å². The molecule has 0 aromatic carbocycles. The largest absolute Gasteiger partial charge is 0.469 e. The molecule has 180 valence electrons. The van der Waals surface area contributed by atoms with Gasteiger partial charge in [0.25, 0.3) is 0 Å². The highest BCUT2D eigenvalue weighted by Gasteiger charge is 2.67. The molecule has 10 heteroatoms. The van der Waals surface area contributed by atoms with Crippen molar-refractivity contribution in [1.29, 1.82) is 0 Å². The molecular formula is C21H38O9Si. The zero-order chi connectivity index (χ0) is 23.8. The SMILES string of the molecule is COC(=O)C[C@@]1(CO[Si](C)(C)C(C)(C)C)[C@@H]([C@H](OC)C(=O)OC)O[C@@H]2OC(C)(C)O[C@@H]21. The zero-order valence-electron chi connectivity index (χ0n) is 20.4. The minimum Gasteiger partial charge on any atom is -0.469 e. The quantitative estimate of drug-likeness (QED) is 0.398. The second-order valence-corrected chi connectivity index (χ2v) is 15.0. The van der Waals surface area contributed by atoms with Crippen molar-refractivity contribution in [2.75, 3.05) is 27.9 Å². The van der Waals surface area contributed by atoms with Crippen LogP contribution in [0.25, 0.3) is 0 Å². The average molecular weight is 463 g/mol. The Labute approximate surface area is 186 Å². The van der Waals surface area contributed by atoms with Crippen molar-refractivity contribution in [2.24, 2.45) is 5.41 Å². The van der Waals surface area contributed by atoms with Crippen molar-refractivity contribution in [3.63, 3.8) is 0 Å². The lowest BCUT2D eigenvalue weighted by Gasteiger charge is -2.43. The maximum Gasteiger partial charge on any atom is 0.337 e. The summed E-state index contributed by atoms with van der Waals surface area (Å²) in [7, 11) is 1.75. The molecular weight excluding hydrogens is 424 g/mol. The van der Waals surface area contributed by atoms with Crippen molar-refractivity contribution in [1.82, 2.24) is 0 Å². The summed E-state index contributed by atoms with van der Waals surface area (Å²) in [5, 5.41) is -0.0663. The van der Waals surface area contributed by atoms with Gasteiger partial charge in [-0.15, -0.1) is 0 Å². The first-order valence-electron chi connectivity index (χ1n) is 10.5. The maximum atomic E-state index is 12.6. The van der Waals surface area contributed by atoms with Crippen LogP contribution in [0.2, 0.25) is 18.1 Å². The third-order valence-electron chi connectivity index (χ3n) is 6.64. The van der Waals surface area contributed by atoms with Gasteiger partial charge in [-0.25, -0.2) is 4.79 Å². The number of ether oxygens (including phenoxy) is 6. The average Bonchev–Trinajstić information content (AvgIpc) is 3.11. The molecule has 2 aliphatic heterocycles. The predicted molar refractivity (Wildman–Crippen MR) is 114 cm³/mol. The number of hydrogen-bond donors (Lipinski definition) is 0. The zero-order valence-corrected chi connectivity index (χ0v) is 21.4.